The zero-order valence-corrected chi connectivity index (χ0v) is 10.5. The number of hydrogen-bond donors (Lipinski definition) is 2. The van der Waals surface area contributed by atoms with E-state index < -0.39 is 11.5 Å². The number of aliphatic carboxylic acids is 1. The normalized spacial score (nSPS) is 13.6. The molecular weight excluding hydrogens is 242 g/mol. The van der Waals surface area contributed by atoms with E-state index in [1.54, 1.807) is 55.6 Å². The summed E-state index contributed by atoms with van der Waals surface area (Å²) in [5.41, 5.74) is 5.61. The predicted octanol–water partition coefficient (Wildman–Crippen LogP) is 1.98. The van der Waals surface area contributed by atoms with Gasteiger partial charge in [0.1, 0.15) is 5.75 Å². The van der Waals surface area contributed by atoms with Gasteiger partial charge in [0.15, 0.2) is 5.54 Å². The molecule has 0 spiro atoms. The van der Waals surface area contributed by atoms with Gasteiger partial charge >= 0.3 is 5.97 Å². The fraction of sp³-hybridized carbons (Fsp3) is 0.133. The number of benzene rings is 2. The summed E-state index contributed by atoms with van der Waals surface area (Å²) in [7, 11) is 1.55. The topological polar surface area (TPSA) is 72.5 Å². The summed E-state index contributed by atoms with van der Waals surface area (Å²) in [6.07, 6.45) is 0. The first-order valence-corrected chi connectivity index (χ1v) is 5.81. The van der Waals surface area contributed by atoms with E-state index in [0.717, 1.165) is 0 Å². The zero-order chi connectivity index (χ0) is 13.9. The molecule has 4 nitrogen and oxygen atoms in total. The van der Waals surface area contributed by atoms with Crippen LogP contribution in [-0.4, -0.2) is 18.2 Å². The first-order chi connectivity index (χ1) is 9.09. The van der Waals surface area contributed by atoms with E-state index in [4.69, 9.17) is 10.5 Å². The molecule has 2 rings (SSSR count). The molecular formula is C15H15NO3. The van der Waals surface area contributed by atoms with Gasteiger partial charge in [-0.2, -0.15) is 0 Å². The van der Waals surface area contributed by atoms with E-state index in [9.17, 15) is 9.90 Å². The summed E-state index contributed by atoms with van der Waals surface area (Å²) in [4.78, 5) is 11.6. The van der Waals surface area contributed by atoms with E-state index in [2.05, 4.69) is 0 Å². The third-order valence-corrected chi connectivity index (χ3v) is 3.11. The van der Waals surface area contributed by atoms with E-state index in [1.807, 2.05) is 6.07 Å². The van der Waals surface area contributed by atoms with Crippen LogP contribution in [0.15, 0.2) is 54.6 Å². The second kappa shape index (κ2) is 5.12. The highest BCUT2D eigenvalue weighted by Gasteiger charge is 2.37. The third-order valence-electron chi connectivity index (χ3n) is 3.11. The lowest BCUT2D eigenvalue weighted by molar-refractivity contribution is -0.142. The number of hydrogen-bond acceptors (Lipinski definition) is 3. The van der Waals surface area contributed by atoms with Crippen molar-refractivity contribution in [3.63, 3.8) is 0 Å². The third kappa shape index (κ3) is 2.30. The van der Waals surface area contributed by atoms with Crippen LogP contribution in [0.1, 0.15) is 11.1 Å². The molecule has 4 heteroatoms. The summed E-state index contributed by atoms with van der Waals surface area (Å²) in [6, 6.07) is 15.5. The molecule has 0 amide bonds. The number of carboxylic acids is 1. The predicted molar refractivity (Wildman–Crippen MR) is 72.0 cm³/mol. The summed E-state index contributed by atoms with van der Waals surface area (Å²) >= 11 is 0. The maximum absolute atomic E-state index is 11.6. The lowest BCUT2D eigenvalue weighted by Gasteiger charge is -2.26. The molecule has 2 aromatic rings. The van der Waals surface area contributed by atoms with Gasteiger partial charge in [-0.3, -0.25) is 0 Å². The molecule has 0 bridgehead atoms. The smallest absolute Gasteiger partial charge is 0.333 e. The van der Waals surface area contributed by atoms with Gasteiger partial charge in [0.05, 0.1) is 7.11 Å². The van der Waals surface area contributed by atoms with Crippen molar-refractivity contribution in [3.8, 4) is 5.75 Å². The van der Waals surface area contributed by atoms with Crippen LogP contribution in [0.4, 0.5) is 0 Å². The van der Waals surface area contributed by atoms with Gasteiger partial charge in [0.2, 0.25) is 0 Å². The Morgan fingerprint density at radius 3 is 2.05 bits per heavy atom. The molecule has 0 aromatic heterocycles. The second-order valence-corrected chi connectivity index (χ2v) is 4.21. The maximum atomic E-state index is 11.6. The van der Waals surface area contributed by atoms with Gasteiger partial charge in [0, 0.05) is 0 Å². The van der Waals surface area contributed by atoms with Gasteiger partial charge < -0.3 is 15.6 Å². The largest absolute Gasteiger partial charge is 0.497 e. The highest BCUT2D eigenvalue weighted by Crippen LogP contribution is 2.28. The average molecular weight is 257 g/mol. The van der Waals surface area contributed by atoms with Crippen LogP contribution >= 0.6 is 0 Å². The van der Waals surface area contributed by atoms with E-state index >= 15 is 0 Å². The molecule has 0 aliphatic carbocycles. The second-order valence-electron chi connectivity index (χ2n) is 4.21. The lowest BCUT2D eigenvalue weighted by atomic mass is 9.84. The van der Waals surface area contributed by atoms with Crippen LogP contribution in [-0.2, 0) is 10.3 Å². The van der Waals surface area contributed by atoms with Crippen LogP contribution < -0.4 is 10.5 Å². The van der Waals surface area contributed by atoms with Gasteiger partial charge in [-0.15, -0.1) is 0 Å². The molecule has 19 heavy (non-hydrogen) atoms. The van der Waals surface area contributed by atoms with Crippen LogP contribution in [0.3, 0.4) is 0 Å². The minimum Gasteiger partial charge on any atom is -0.497 e. The van der Waals surface area contributed by atoms with Crippen LogP contribution in [0.5, 0.6) is 5.75 Å². The molecule has 1 atom stereocenters. The Hall–Kier alpha value is -2.33. The summed E-state index contributed by atoms with van der Waals surface area (Å²) in [5, 5.41) is 9.51. The maximum Gasteiger partial charge on any atom is 0.333 e. The van der Waals surface area contributed by atoms with Crippen molar-refractivity contribution in [1.82, 2.24) is 0 Å². The first kappa shape index (κ1) is 13.1. The van der Waals surface area contributed by atoms with Gasteiger partial charge in [-0.05, 0) is 23.3 Å². The molecule has 0 fully saturated rings. The number of methoxy groups -OCH3 is 1. The monoisotopic (exact) mass is 257 g/mol. The number of nitrogens with two attached hydrogens (primary N) is 1. The van der Waals surface area contributed by atoms with Gasteiger partial charge in [0.25, 0.3) is 0 Å². The van der Waals surface area contributed by atoms with Crippen molar-refractivity contribution in [1.29, 1.82) is 0 Å². The molecule has 98 valence electrons. The summed E-state index contributed by atoms with van der Waals surface area (Å²) < 4.78 is 5.06. The molecule has 0 radical (unpaired) electrons. The molecule has 3 N–H and O–H groups in total. The quantitative estimate of drug-likeness (QED) is 0.878. The average Bonchev–Trinajstić information content (AvgIpc) is 2.47. The molecule has 0 aliphatic rings. The lowest BCUT2D eigenvalue weighted by Crippen LogP contribution is -2.45. The fourth-order valence-corrected chi connectivity index (χ4v) is 1.97. The molecule has 0 saturated carbocycles. The van der Waals surface area contributed by atoms with Crippen molar-refractivity contribution >= 4 is 5.97 Å². The number of ether oxygens (including phenoxy) is 1. The van der Waals surface area contributed by atoms with Crippen molar-refractivity contribution in [3.05, 3.63) is 65.7 Å². The molecule has 0 saturated heterocycles. The molecule has 2 aromatic carbocycles. The standard InChI is InChI=1S/C15H15NO3/c1-19-13-9-7-12(8-10-13)15(16,14(17)18)11-5-3-2-4-6-11/h2-10H,16H2,1H3,(H,17,18). The van der Waals surface area contributed by atoms with Crippen molar-refractivity contribution < 1.29 is 14.6 Å². The Balaban J connectivity index is 2.53. The first-order valence-electron chi connectivity index (χ1n) is 5.81. The van der Waals surface area contributed by atoms with Crippen molar-refractivity contribution in [2.75, 3.05) is 7.11 Å². The Labute approximate surface area is 111 Å². The summed E-state index contributed by atoms with van der Waals surface area (Å²) in [6.45, 7) is 0. The van der Waals surface area contributed by atoms with Gasteiger partial charge in [-0.1, -0.05) is 42.5 Å². The van der Waals surface area contributed by atoms with Crippen LogP contribution in [0.25, 0.3) is 0 Å². The Bertz CT molecular complexity index is 566. The molecule has 1 unspecified atom stereocenters. The van der Waals surface area contributed by atoms with Crippen LogP contribution in [0, 0.1) is 0 Å². The van der Waals surface area contributed by atoms with E-state index in [1.165, 1.54) is 0 Å². The Morgan fingerprint density at radius 1 is 1.05 bits per heavy atom. The van der Waals surface area contributed by atoms with E-state index in [-0.39, 0.29) is 0 Å². The molecule has 0 aliphatic heterocycles. The molecule has 0 heterocycles. The van der Waals surface area contributed by atoms with Crippen molar-refractivity contribution in [2.24, 2.45) is 5.73 Å². The Morgan fingerprint density at radius 2 is 1.58 bits per heavy atom. The van der Waals surface area contributed by atoms with Crippen LogP contribution in [0.2, 0.25) is 0 Å². The number of carboxylic acid groups (broad SMARTS) is 1. The number of carbonyl (C=O) groups is 1. The highest BCUT2D eigenvalue weighted by molar-refractivity contribution is 5.85. The minimum atomic E-state index is -1.56. The van der Waals surface area contributed by atoms with E-state index in [0.29, 0.717) is 16.9 Å². The highest BCUT2D eigenvalue weighted by atomic mass is 16.5. The zero-order valence-electron chi connectivity index (χ0n) is 10.5. The van der Waals surface area contributed by atoms with Crippen molar-refractivity contribution in [2.45, 2.75) is 5.54 Å². The SMILES string of the molecule is COc1ccc(C(N)(C(=O)O)c2ccccc2)cc1. The number of rotatable bonds is 4. The Kier molecular flexibility index (Phi) is 3.53. The minimum absolute atomic E-state index is 0.506. The van der Waals surface area contributed by atoms with Gasteiger partial charge in [-0.25, -0.2) is 4.79 Å². The fourth-order valence-electron chi connectivity index (χ4n) is 1.97. The summed E-state index contributed by atoms with van der Waals surface area (Å²) in [5.74, 6) is -0.437.